The number of carbonyl (C=O) groups excluding carboxylic acids is 2. The SMILES string of the molecule is Cc1cncc(C(=O)N2CCCNC(=O)C2)c1. The molecule has 1 fully saturated rings. The minimum atomic E-state index is -0.127. The van der Waals surface area contributed by atoms with Gasteiger partial charge in [0.25, 0.3) is 5.91 Å². The third kappa shape index (κ3) is 2.81. The Hall–Kier alpha value is -1.91. The second-order valence-electron chi connectivity index (χ2n) is 4.18. The summed E-state index contributed by atoms with van der Waals surface area (Å²) in [4.78, 5) is 29.1. The molecule has 0 atom stereocenters. The highest BCUT2D eigenvalue weighted by Crippen LogP contribution is 2.07. The third-order valence-corrected chi connectivity index (χ3v) is 2.67. The van der Waals surface area contributed by atoms with Crippen LogP contribution in [0.2, 0.25) is 0 Å². The normalized spacial score (nSPS) is 16.3. The Morgan fingerprint density at radius 2 is 2.29 bits per heavy atom. The molecule has 90 valence electrons. The van der Waals surface area contributed by atoms with Crippen molar-refractivity contribution in [1.29, 1.82) is 0 Å². The molecule has 1 aliphatic rings. The Morgan fingerprint density at radius 1 is 1.47 bits per heavy atom. The van der Waals surface area contributed by atoms with Gasteiger partial charge in [-0.15, -0.1) is 0 Å². The second kappa shape index (κ2) is 4.95. The fraction of sp³-hybridized carbons (Fsp3) is 0.417. The van der Waals surface area contributed by atoms with Crippen LogP contribution in [0.15, 0.2) is 18.5 Å². The van der Waals surface area contributed by atoms with Crippen LogP contribution in [0.4, 0.5) is 0 Å². The number of hydrogen-bond acceptors (Lipinski definition) is 3. The summed E-state index contributed by atoms with van der Waals surface area (Å²) < 4.78 is 0. The van der Waals surface area contributed by atoms with E-state index in [9.17, 15) is 9.59 Å². The van der Waals surface area contributed by atoms with E-state index in [1.54, 1.807) is 17.2 Å². The van der Waals surface area contributed by atoms with Gasteiger partial charge in [0, 0.05) is 25.5 Å². The third-order valence-electron chi connectivity index (χ3n) is 2.67. The highest BCUT2D eigenvalue weighted by Gasteiger charge is 2.20. The maximum absolute atomic E-state index is 12.2. The molecule has 1 saturated heterocycles. The molecule has 1 aromatic rings. The summed E-state index contributed by atoms with van der Waals surface area (Å²) in [6.45, 7) is 3.26. The van der Waals surface area contributed by atoms with Crippen molar-refractivity contribution in [3.8, 4) is 0 Å². The molecule has 0 bridgehead atoms. The summed E-state index contributed by atoms with van der Waals surface area (Å²) >= 11 is 0. The van der Waals surface area contributed by atoms with Crippen molar-refractivity contribution in [2.45, 2.75) is 13.3 Å². The Morgan fingerprint density at radius 3 is 3.06 bits per heavy atom. The van der Waals surface area contributed by atoms with E-state index in [4.69, 9.17) is 0 Å². The average molecular weight is 233 g/mol. The van der Waals surface area contributed by atoms with Crippen molar-refractivity contribution in [1.82, 2.24) is 15.2 Å². The van der Waals surface area contributed by atoms with Crippen LogP contribution in [-0.2, 0) is 4.79 Å². The van der Waals surface area contributed by atoms with Gasteiger partial charge in [-0.05, 0) is 25.0 Å². The number of carbonyl (C=O) groups is 2. The van der Waals surface area contributed by atoms with E-state index < -0.39 is 0 Å². The highest BCUT2D eigenvalue weighted by molar-refractivity contribution is 5.96. The lowest BCUT2D eigenvalue weighted by atomic mass is 10.2. The lowest BCUT2D eigenvalue weighted by Crippen LogP contribution is -2.37. The zero-order valence-corrected chi connectivity index (χ0v) is 9.77. The standard InChI is InChI=1S/C12H15N3O2/c1-9-5-10(7-13-6-9)12(17)15-4-2-3-14-11(16)8-15/h5-7H,2-4,8H2,1H3,(H,14,16). The number of nitrogens with one attached hydrogen (secondary N) is 1. The highest BCUT2D eigenvalue weighted by atomic mass is 16.2. The Balaban J connectivity index is 2.16. The van der Waals surface area contributed by atoms with Crippen LogP contribution in [0.5, 0.6) is 0 Å². The largest absolute Gasteiger partial charge is 0.354 e. The number of pyridine rings is 1. The molecule has 0 spiro atoms. The van der Waals surface area contributed by atoms with E-state index in [-0.39, 0.29) is 18.4 Å². The fourth-order valence-electron chi connectivity index (χ4n) is 1.83. The summed E-state index contributed by atoms with van der Waals surface area (Å²) in [7, 11) is 0. The molecular formula is C12H15N3O2. The first-order chi connectivity index (χ1) is 8.16. The first-order valence-corrected chi connectivity index (χ1v) is 5.64. The number of aromatic nitrogens is 1. The van der Waals surface area contributed by atoms with Gasteiger partial charge in [0.15, 0.2) is 0 Å². The van der Waals surface area contributed by atoms with Crippen molar-refractivity contribution >= 4 is 11.8 Å². The van der Waals surface area contributed by atoms with E-state index in [0.29, 0.717) is 18.7 Å². The average Bonchev–Trinajstić information content (AvgIpc) is 2.53. The van der Waals surface area contributed by atoms with Crippen LogP contribution in [0, 0.1) is 6.92 Å². The first kappa shape index (κ1) is 11.6. The van der Waals surface area contributed by atoms with Crippen LogP contribution in [0.3, 0.4) is 0 Å². The zero-order valence-electron chi connectivity index (χ0n) is 9.77. The number of rotatable bonds is 1. The lowest BCUT2D eigenvalue weighted by Gasteiger charge is -2.18. The minimum absolute atomic E-state index is 0.100. The molecule has 2 rings (SSSR count). The molecular weight excluding hydrogens is 218 g/mol. The maximum atomic E-state index is 12.2. The quantitative estimate of drug-likeness (QED) is 0.761. The summed E-state index contributed by atoms with van der Waals surface area (Å²) in [6, 6.07) is 1.79. The predicted molar refractivity (Wildman–Crippen MR) is 62.5 cm³/mol. The van der Waals surface area contributed by atoms with Gasteiger partial charge in [0.2, 0.25) is 5.91 Å². The molecule has 1 aromatic heterocycles. The number of nitrogens with zero attached hydrogens (tertiary/aromatic N) is 2. The van der Waals surface area contributed by atoms with Gasteiger partial charge >= 0.3 is 0 Å². The van der Waals surface area contributed by atoms with Crippen LogP contribution in [-0.4, -0.2) is 41.3 Å². The minimum Gasteiger partial charge on any atom is -0.354 e. The van der Waals surface area contributed by atoms with Crippen molar-refractivity contribution < 1.29 is 9.59 Å². The van der Waals surface area contributed by atoms with E-state index in [2.05, 4.69) is 10.3 Å². The van der Waals surface area contributed by atoms with E-state index in [1.807, 2.05) is 6.92 Å². The monoisotopic (exact) mass is 233 g/mol. The van der Waals surface area contributed by atoms with Crippen LogP contribution in [0.25, 0.3) is 0 Å². The summed E-state index contributed by atoms with van der Waals surface area (Å²) in [5, 5.41) is 2.74. The maximum Gasteiger partial charge on any atom is 0.255 e. The van der Waals surface area contributed by atoms with Crippen LogP contribution in [0.1, 0.15) is 22.3 Å². The molecule has 0 aromatic carbocycles. The first-order valence-electron chi connectivity index (χ1n) is 5.64. The molecule has 0 unspecified atom stereocenters. The van der Waals surface area contributed by atoms with Gasteiger partial charge < -0.3 is 10.2 Å². The lowest BCUT2D eigenvalue weighted by molar-refractivity contribution is -0.121. The molecule has 5 nitrogen and oxygen atoms in total. The molecule has 1 N–H and O–H groups in total. The van der Waals surface area contributed by atoms with E-state index >= 15 is 0 Å². The van der Waals surface area contributed by atoms with Crippen LogP contribution >= 0.6 is 0 Å². The Kier molecular flexibility index (Phi) is 3.37. The number of aryl methyl sites for hydroxylation is 1. The summed E-state index contributed by atoms with van der Waals surface area (Å²) in [5.74, 6) is -0.227. The molecule has 17 heavy (non-hydrogen) atoms. The summed E-state index contributed by atoms with van der Waals surface area (Å²) in [6.07, 6.45) is 4.03. The van der Waals surface area contributed by atoms with Crippen molar-refractivity contribution in [3.05, 3.63) is 29.6 Å². The molecule has 5 heteroatoms. The fourth-order valence-corrected chi connectivity index (χ4v) is 1.83. The van der Waals surface area contributed by atoms with Gasteiger partial charge in [-0.1, -0.05) is 0 Å². The zero-order chi connectivity index (χ0) is 12.3. The Labute approximate surface area is 99.8 Å². The predicted octanol–water partition coefficient (Wildman–Crippen LogP) is 0.352. The van der Waals surface area contributed by atoms with Crippen molar-refractivity contribution in [2.75, 3.05) is 19.6 Å². The molecule has 1 aliphatic heterocycles. The number of hydrogen-bond donors (Lipinski definition) is 1. The van der Waals surface area contributed by atoms with E-state index in [1.165, 1.54) is 6.20 Å². The van der Waals surface area contributed by atoms with Gasteiger partial charge in [0.1, 0.15) is 0 Å². The summed E-state index contributed by atoms with van der Waals surface area (Å²) in [5.41, 5.74) is 1.48. The van der Waals surface area contributed by atoms with Crippen molar-refractivity contribution in [3.63, 3.8) is 0 Å². The second-order valence-corrected chi connectivity index (χ2v) is 4.18. The molecule has 2 heterocycles. The molecule has 2 amide bonds. The molecule has 0 radical (unpaired) electrons. The topological polar surface area (TPSA) is 62.3 Å². The smallest absolute Gasteiger partial charge is 0.255 e. The Bertz CT molecular complexity index is 445. The molecule has 0 aliphatic carbocycles. The van der Waals surface area contributed by atoms with Gasteiger partial charge in [-0.25, -0.2) is 0 Å². The van der Waals surface area contributed by atoms with Crippen molar-refractivity contribution in [2.24, 2.45) is 0 Å². The number of amides is 2. The van der Waals surface area contributed by atoms with Crippen LogP contribution < -0.4 is 5.32 Å². The van der Waals surface area contributed by atoms with E-state index in [0.717, 1.165) is 12.0 Å². The van der Waals surface area contributed by atoms with Gasteiger partial charge in [0.05, 0.1) is 12.1 Å². The molecule has 0 saturated carbocycles. The van der Waals surface area contributed by atoms with Gasteiger partial charge in [-0.2, -0.15) is 0 Å². The van der Waals surface area contributed by atoms with Gasteiger partial charge in [-0.3, -0.25) is 14.6 Å².